The zero-order chi connectivity index (χ0) is 18.5. The fraction of sp³-hybridized carbons (Fsp3) is 0.238. The molecule has 134 valence electrons. The van der Waals surface area contributed by atoms with Gasteiger partial charge in [-0.1, -0.05) is 31.2 Å². The van der Waals surface area contributed by atoms with E-state index in [9.17, 15) is 14.7 Å². The van der Waals surface area contributed by atoms with Crippen molar-refractivity contribution in [3.63, 3.8) is 0 Å². The number of aryl methyl sites for hydroxylation is 1. The smallest absolute Gasteiger partial charge is 0.254 e. The van der Waals surface area contributed by atoms with Crippen LogP contribution in [0.4, 0.5) is 0 Å². The number of carbonyl (C=O) groups excluding carboxylic acids is 1. The number of aromatic nitrogens is 1. The van der Waals surface area contributed by atoms with E-state index in [1.54, 1.807) is 24.3 Å². The Bertz CT molecular complexity index is 964. The zero-order valence-corrected chi connectivity index (χ0v) is 14.7. The van der Waals surface area contributed by atoms with E-state index in [-0.39, 0.29) is 31.2 Å². The Balaban J connectivity index is 1.94. The van der Waals surface area contributed by atoms with Crippen LogP contribution in [0.5, 0.6) is 0 Å². The quantitative estimate of drug-likeness (QED) is 0.718. The number of fused-ring (bicyclic) bond motifs is 1. The van der Waals surface area contributed by atoms with Crippen LogP contribution in [-0.2, 0) is 13.0 Å². The predicted octanol–water partition coefficient (Wildman–Crippen LogP) is 2.73. The SMILES string of the molecule is CCc1ccc2[nH]c(=O)c(CN(CCO)C(=O)c3ccccc3)cc2c1. The van der Waals surface area contributed by atoms with Gasteiger partial charge in [-0.15, -0.1) is 0 Å². The summed E-state index contributed by atoms with van der Waals surface area (Å²) in [6.45, 7) is 2.23. The molecule has 0 unspecified atom stereocenters. The monoisotopic (exact) mass is 350 g/mol. The third-order valence-corrected chi connectivity index (χ3v) is 4.43. The van der Waals surface area contributed by atoms with Gasteiger partial charge in [0.05, 0.1) is 13.2 Å². The number of rotatable bonds is 6. The van der Waals surface area contributed by atoms with Crippen LogP contribution in [-0.4, -0.2) is 34.0 Å². The van der Waals surface area contributed by atoms with Crippen molar-refractivity contribution in [3.8, 4) is 0 Å². The van der Waals surface area contributed by atoms with Gasteiger partial charge in [0.2, 0.25) is 0 Å². The summed E-state index contributed by atoms with van der Waals surface area (Å²) in [4.78, 5) is 29.5. The number of carbonyl (C=O) groups is 1. The lowest BCUT2D eigenvalue weighted by atomic mass is 10.1. The lowest BCUT2D eigenvalue weighted by Crippen LogP contribution is -2.35. The van der Waals surface area contributed by atoms with E-state index in [0.29, 0.717) is 11.1 Å². The molecule has 0 aliphatic carbocycles. The first kappa shape index (κ1) is 17.9. The molecule has 0 saturated carbocycles. The van der Waals surface area contributed by atoms with Gasteiger partial charge in [-0.25, -0.2) is 0 Å². The van der Waals surface area contributed by atoms with Gasteiger partial charge in [0.15, 0.2) is 0 Å². The molecule has 3 rings (SSSR count). The molecule has 0 aliphatic heterocycles. The molecule has 2 aromatic carbocycles. The molecule has 1 aromatic heterocycles. The molecule has 0 atom stereocenters. The average molecular weight is 350 g/mol. The van der Waals surface area contributed by atoms with Crippen molar-refractivity contribution in [1.82, 2.24) is 9.88 Å². The molecule has 1 amide bonds. The molecular formula is C21H22N2O3. The van der Waals surface area contributed by atoms with Crippen molar-refractivity contribution in [3.05, 3.63) is 81.6 Å². The number of amides is 1. The Labute approximate surface area is 151 Å². The highest BCUT2D eigenvalue weighted by molar-refractivity contribution is 5.94. The number of aromatic amines is 1. The number of H-pyrrole nitrogens is 1. The van der Waals surface area contributed by atoms with Gasteiger partial charge < -0.3 is 15.0 Å². The fourth-order valence-electron chi connectivity index (χ4n) is 2.98. The van der Waals surface area contributed by atoms with Gasteiger partial charge in [0.1, 0.15) is 0 Å². The second kappa shape index (κ2) is 7.97. The van der Waals surface area contributed by atoms with Crippen LogP contribution >= 0.6 is 0 Å². The Hall–Kier alpha value is -2.92. The first-order valence-corrected chi connectivity index (χ1v) is 8.72. The predicted molar refractivity (Wildman–Crippen MR) is 102 cm³/mol. The molecule has 2 N–H and O–H groups in total. The summed E-state index contributed by atoms with van der Waals surface area (Å²) >= 11 is 0. The van der Waals surface area contributed by atoms with Crippen LogP contribution in [0.3, 0.4) is 0 Å². The van der Waals surface area contributed by atoms with Crippen molar-refractivity contribution in [1.29, 1.82) is 0 Å². The number of hydrogen-bond donors (Lipinski definition) is 2. The van der Waals surface area contributed by atoms with Crippen molar-refractivity contribution in [2.75, 3.05) is 13.2 Å². The van der Waals surface area contributed by atoms with Crippen molar-refractivity contribution in [2.45, 2.75) is 19.9 Å². The molecule has 0 aliphatic rings. The Morgan fingerprint density at radius 1 is 1.12 bits per heavy atom. The molecule has 0 radical (unpaired) electrons. The Morgan fingerprint density at radius 3 is 2.58 bits per heavy atom. The summed E-state index contributed by atoms with van der Waals surface area (Å²) in [7, 11) is 0. The molecular weight excluding hydrogens is 328 g/mol. The summed E-state index contributed by atoms with van der Waals surface area (Å²) in [6.07, 6.45) is 0.910. The van der Waals surface area contributed by atoms with Gasteiger partial charge in [-0.05, 0) is 47.7 Å². The molecule has 5 nitrogen and oxygen atoms in total. The number of aliphatic hydroxyl groups excluding tert-OH is 1. The maximum atomic E-state index is 12.7. The van der Waals surface area contributed by atoms with E-state index in [0.717, 1.165) is 17.3 Å². The highest BCUT2D eigenvalue weighted by Crippen LogP contribution is 2.16. The average Bonchev–Trinajstić information content (AvgIpc) is 2.68. The van der Waals surface area contributed by atoms with Crippen molar-refractivity contribution in [2.24, 2.45) is 0 Å². The van der Waals surface area contributed by atoms with Gasteiger partial charge >= 0.3 is 0 Å². The minimum Gasteiger partial charge on any atom is -0.395 e. The number of benzene rings is 2. The van der Waals surface area contributed by atoms with Gasteiger partial charge in [-0.3, -0.25) is 9.59 Å². The molecule has 5 heteroatoms. The summed E-state index contributed by atoms with van der Waals surface area (Å²) in [5.41, 5.74) is 2.78. The first-order chi connectivity index (χ1) is 12.6. The molecule has 0 fully saturated rings. The lowest BCUT2D eigenvalue weighted by molar-refractivity contribution is 0.0707. The highest BCUT2D eigenvalue weighted by Gasteiger charge is 2.17. The Kier molecular flexibility index (Phi) is 5.49. The largest absolute Gasteiger partial charge is 0.395 e. The van der Waals surface area contributed by atoms with Gasteiger partial charge in [-0.2, -0.15) is 0 Å². The second-order valence-electron chi connectivity index (χ2n) is 6.22. The van der Waals surface area contributed by atoms with Crippen LogP contribution in [0.15, 0.2) is 59.4 Å². The van der Waals surface area contributed by atoms with E-state index in [1.165, 1.54) is 10.5 Å². The first-order valence-electron chi connectivity index (χ1n) is 8.72. The minimum atomic E-state index is -0.217. The van der Waals surface area contributed by atoms with Crippen molar-refractivity contribution < 1.29 is 9.90 Å². The maximum Gasteiger partial charge on any atom is 0.254 e. The lowest BCUT2D eigenvalue weighted by Gasteiger charge is -2.22. The van der Waals surface area contributed by atoms with Crippen LogP contribution in [0.25, 0.3) is 10.9 Å². The number of pyridine rings is 1. The summed E-state index contributed by atoms with van der Waals surface area (Å²) in [6, 6.07) is 16.6. The fourth-order valence-corrected chi connectivity index (χ4v) is 2.98. The molecule has 0 spiro atoms. The van der Waals surface area contributed by atoms with E-state index >= 15 is 0 Å². The number of aliphatic hydroxyl groups is 1. The van der Waals surface area contributed by atoms with Crippen LogP contribution < -0.4 is 5.56 Å². The molecule has 3 aromatic rings. The van der Waals surface area contributed by atoms with Crippen molar-refractivity contribution >= 4 is 16.8 Å². The molecule has 1 heterocycles. The third-order valence-electron chi connectivity index (χ3n) is 4.43. The second-order valence-corrected chi connectivity index (χ2v) is 6.22. The molecule has 26 heavy (non-hydrogen) atoms. The molecule has 0 bridgehead atoms. The molecule has 0 saturated heterocycles. The van der Waals surface area contributed by atoms with Crippen LogP contribution in [0.2, 0.25) is 0 Å². The van der Waals surface area contributed by atoms with Gasteiger partial charge in [0, 0.05) is 23.2 Å². The Morgan fingerprint density at radius 2 is 1.88 bits per heavy atom. The van der Waals surface area contributed by atoms with E-state index in [2.05, 4.69) is 11.9 Å². The van der Waals surface area contributed by atoms with E-state index in [1.807, 2.05) is 30.3 Å². The summed E-state index contributed by atoms with van der Waals surface area (Å²) < 4.78 is 0. The number of nitrogens with zero attached hydrogens (tertiary/aromatic N) is 1. The van der Waals surface area contributed by atoms with E-state index in [4.69, 9.17) is 0 Å². The van der Waals surface area contributed by atoms with Crippen LogP contribution in [0, 0.1) is 0 Å². The number of nitrogens with one attached hydrogen (secondary N) is 1. The topological polar surface area (TPSA) is 73.4 Å². The van der Waals surface area contributed by atoms with E-state index < -0.39 is 0 Å². The normalized spacial score (nSPS) is 10.8. The third kappa shape index (κ3) is 3.83. The summed E-state index contributed by atoms with van der Waals surface area (Å²) in [5.74, 6) is -0.207. The number of hydrogen-bond acceptors (Lipinski definition) is 3. The standard InChI is InChI=1S/C21H22N2O3/c1-2-15-8-9-19-17(12-15)13-18(20(25)22-19)14-23(10-11-24)21(26)16-6-4-3-5-7-16/h3-9,12-13,24H,2,10-11,14H2,1H3,(H,22,25). The van der Waals surface area contributed by atoms with Crippen LogP contribution in [0.1, 0.15) is 28.4 Å². The zero-order valence-electron chi connectivity index (χ0n) is 14.7. The highest BCUT2D eigenvalue weighted by atomic mass is 16.3. The van der Waals surface area contributed by atoms with Gasteiger partial charge in [0.25, 0.3) is 11.5 Å². The maximum absolute atomic E-state index is 12.7. The minimum absolute atomic E-state index is 0.149. The summed E-state index contributed by atoms with van der Waals surface area (Å²) in [5, 5.41) is 10.3.